The van der Waals surface area contributed by atoms with Crippen molar-refractivity contribution in [2.45, 2.75) is 23.5 Å². The highest BCUT2D eigenvalue weighted by atomic mass is 35.5. The molecule has 2 N–H and O–H groups in total. The third-order valence-corrected chi connectivity index (χ3v) is 7.70. The Bertz CT molecular complexity index is 1460. The van der Waals surface area contributed by atoms with E-state index >= 15 is 0 Å². The number of carbonyl (C=O) groups is 1. The molecule has 0 radical (unpaired) electrons. The number of carboxylic acids is 1. The van der Waals surface area contributed by atoms with Gasteiger partial charge in [-0.25, -0.2) is 8.42 Å². The van der Waals surface area contributed by atoms with Crippen LogP contribution in [0.1, 0.15) is 33.3 Å². The normalized spacial score (nSPS) is 12.5. The van der Waals surface area contributed by atoms with Gasteiger partial charge in [0.2, 0.25) is 0 Å². The Morgan fingerprint density at radius 1 is 1.22 bits per heavy atom. The number of nitrogens with zero attached hydrogens (tertiary/aromatic N) is 2. The van der Waals surface area contributed by atoms with Gasteiger partial charge < -0.3 is 14.5 Å². The number of aliphatic carboxylic acids is 1. The van der Waals surface area contributed by atoms with Gasteiger partial charge in [0.15, 0.2) is 9.84 Å². The number of halogens is 1. The summed E-state index contributed by atoms with van der Waals surface area (Å²) in [5, 5.41) is 18.1. The predicted octanol–water partition coefficient (Wildman–Crippen LogP) is 4.29. The Morgan fingerprint density at radius 2 is 1.94 bits per heavy atom. The van der Waals surface area contributed by atoms with Crippen molar-refractivity contribution in [2.75, 3.05) is 0 Å². The van der Waals surface area contributed by atoms with Gasteiger partial charge in [-0.15, -0.1) is 0 Å². The Kier molecular flexibility index (Phi) is 5.55. The Hall–Kier alpha value is -3.54. The maximum atomic E-state index is 13.9. The van der Waals surface area contributed by atoms with Crippen molar-refractivity contribution in [1.82, 2.24) is 9.38 Å². The molecule has 4 aromatic rings. The number of rotatable bonds is 6. The number of pyridine rings is 1. The van der Waals surface area contributed by atoms with Crippen LogP contribution in [0.25, 0.3) is 5.52 Å². The summed E-state index contributed by atoms with van der Waals surface area (Å²) in [4.78, 5) is 14.6. The zero-order valence-corrected chi connectivity index (χ0v) is 18.5. The van der Waals surface area contributed by atoms with Gasteiger partial charge in [-0.2, -0.15) is 5.26 Å². The van der Waals surface area contributed by atoms with Gasteiger partial charge in [0, 0.05) is 28.6 Å². The van der Waals surface area contributed by atoms with Crippen LogP contribution in [0.5, 0.6) is 0 Å². The van der Waals surface area contributed by atoms with Gasteiger partial charge in [-0.05, 0) is 66.6 Å². The minimum Gasteiger partial charge on any atom is -0.481 e. The molecule has 0 aliphatic rings. The molecule has 3 heterocycles. The first kappa shape index (κ1) is 21.7. The van der Waals surface area contributed by atoms with E-state index in [9.17, 15) is 23.6 Å². The van der Waals surface area contributed by atoms with Gasteiger partial charge in [0.05, 0.1) is 22.6 Å². The van der Waals surface area contributed by atoms with Crippen molar-refractivity contribution in [3.8, 4) is 6.07 Å². The van der Waals surface area contributed by atoms with E-state index in [0.29, 0.717) is 38.6 Å². The predicted molar refractivity (Wildman–Crippen MR) is 119 cm³/mol. The van der Waals surface area contributed by atoms with Crippen LogP contribution >= 0.6 is 11.6 Å². The molecule has 1 unspecified atom stereocenters. The first-order valence-corrected chi connectivity index (χ1v) is 11.5. The molecule has 0 saturated heterocycles. The molecule has 162 valence electrons. The van der Waals surface area contributed by atoms with Crippen molar-refractivity contribution in [1.29, 1.82) is 5.26 Å². The highest BCUT2D eigenvalue weighted by molar-refractivity contribution is 7.91. The van der Waals surface area contributed by atoms with E-state index in [1.807, 2.05) is 0 Å². The van der Waals surface area contributed by atoms with Gasteiger partial charge in [0.25, 0.3) is 0 Å². The van der Waals surface area contributed by atoms with Crippen LogP contribution in [0, 0.1) is 18.3 Å². The lowest BCUT2D eigenvalue weighted by Crippen LogP contribution is -2.18. The van der Waals surface area contributed by atoms with Gasteiger partial charge in [-0.1, -0.05) is 11.6 Å². The van der Waals surface area contributed by atoms with Crippen LogP contribution in [0.4, 0.5) is 0 Å². The minimum absolute atomic E-state index is 0.0760. The maximum absolute atomic E-state index is 13.9. The first-order chi connectivity index (χ1) is 15.2. The topological polar surface area (TPSA) is 115 Å². The van der Waals surface area contributed by atoms with Crippen molar-refractivity contribution in [2.24, 2.45) is 0 Å². The van der Waals surface area contributed by atoms with E-state index in [-0.39, 0.29) is 11.3 Å². The molecule has 1 atom stereocenters. The molecule has 0 aliphatic heterocycles. The van der Waals surface area contributed by atoms with E-state index < -0.39 is 21.1 Å². The second kappa shape index (κ2) is 8.19. The summed E-state index contributed by atoms with van der Waals surface area (Å²) in [6.45, 7) is 1.71. The van der Waals surface area contributed by atoms with Crippen molar-refractivity contribution < 1.29 is 18.3 Å². The SMILES string of the molecule is Cc1c(CC(=O)O)c2ccc(C#N)cn2c1C(c1ccc[nH]1)S(=O)(=O)c1ccc(Cl)cc1. The summed E-state index contributed by atoms with van der Waals surface area (Å²) < 4.78 is 29.3. The molecular weight excluding hydrogens is 450 g/mol. The number of H-pyrrole nitrogens is 1. The summed E-state index contributed by atoms with van der Waals surface area (Å²) in [6.07, 6.45) is 2.89. The molecule has 3 aromatic heterocycles. The fraction of sp³-hybridized carbons (Fsp3) is 0.130. The van der Waals surface area contributed by atoms with Crippen LogP contribution in [-0.4, -0.2) is 28.9 Å². The molecule has 9 heteroatoms. The third-order valence-electron chi connectivity index (χ3n) is 5.42. The highest BCUT2D eigenvalue weighted by Gasteiger charge is 2.36. The van der Waals surface area contributed by atoms with Gasteiger partial charge in [-0.3, -0.25) is 4.79 Å². The molecular formula is C23H18ClN3O4S. The number of aromatic nitrogens is 2. The Morgan fingerprint density at radius 3 is 2.53 bits per heavy atom. The van der Waals surface area contributed by atoms with E-state index in [1.54, 1.807) is 41.8 Å². The number of nitriles is 1. The van der Waals surface area contributed by atoms with Crippen LogP contribution < -0.4 is 0 Å². The van der Waals surface area contributed by atoms with Crippen LogP contribution in [0.15, 0.2) is 65.8 Å². The second-order valence-electron chi connectivity index (χ2n) is 7.35. The molecule has 0 aliphatic carbocycles. The molecule has 0 spiro atoms. The average Bonchev–Trinajstić information content (AvgIpc) is 3.37. The van der Waals surface area contributed by atoms with Gasteiger partial charge in [0.1, 0.15) is 11.3 Å². The van der Waals surface area contributed by atoms with Crippen molar-refractivity contribution >= 4 is 32.9 Å². The number of sulfone groups is 1. The summed E-state index contributed by atoms with van der Waals surface area (Å²) >= 11 is 5.96. The smallest absolute Gasteiger partial charge is 0.307 e. The Labute approximate surface area is 189 Å². The molecule has 0 fully saturated rings. The lowest BCUT2D eigenvalue weighted by molar-refractivity contribution is -0.136. The zero-order chi connectivity index (χ0) is 23.0. The molecule has 0 saturated carbocycles. The Balaban J connectivity index is 2.07. The summed E-state index contributed by atoms with van der Waals surface area (Å²) in [7, 11) is -3.98. The molecule has 7 nitrogen and oxygen atoms in total. The lowest BCUT2D eigenvalue weighted by atomic mass is 10.1. The van der Waals surface area contributed by atoms with E-state index in [1.165, 1.54) is 30.5 Å². The standard InChI is InChI=1S/C23H18ClN3O4S/c1-14-18(11-21(28)29)20-9-4-15(12-25)13-27(20)22(14)23(19-3-2-10-26-19)32(30,31)17-7-5-16(24)6-8-17/h2-10,13,23,26H,11H2,1H3,(H,28,29). The molecule has 0 amide bonds. The fourth-order valence-electron chi connectivity index (χ4n) is 3.97. The quantitative estimate of drug-likeness (QED) is 0.439. The molecule has 4 rings (SSSR count). The number of hydrogen-bond acceptors (Lipinski definition) is 4. The lowest BCUT2D eigenvalue weighted by Gasteiger charge is -2.19. The first-order valence-electron chi connectivity index (χ1n) is 9.62. The summed E-state index contributed by atoms with van der Waals surface area (Å²) in [5.41, 5.74) is 2.71. The van der Waals surface area contributed by atoms with Crippen LogP contribution in [0.2, 0.25) is 5.02 Å². The highest BCUT2D eigenvalue weighted by Crippen LogP contribution is 2.39. The second-order valence-corrected chi connectivity index (χ2v) is 9.82. The number of aromatic amines is 1. The number of hydrogen-bond donors (Lipinski definition) is 2. The third kappa shape index (κ3) is 3.66. The average molecular weight is 468 g/mol. The maximum Gasteiger partial charge on any atom is 0.307 e. The monoisotopic (exact) mass is 467 g/mol. The largest absolute Gasteiger partial charge is 0.481 e. The number of benzene rings is 1. The minimum atomic E-state index is -3.98. The fourth-order valence-corrected chi connectivity index (χ4v) is 5.94. The van der Waals surface area contributed by atoms with Crippen LogP contribution in [0.3, 0.4) is 0 Å². The molecule has 32 heavy (non-hydrogen) atoms. The van der Waals surface area contributed by atoms with Gasteiger partial charge >= 0.3 is 5.97 Å². The van der Waals surface area contributed by atoms with Crippen LogP contribution in [-0.2, 0) is 21.1 Å². The van der Waals surface area contributed by atoms with Crippen molar-refractivity contribution in [3.63, 3.8) is 0 Å². The molecule has 0 bridgehead atoms. The summed E-state index contributed by atoms with van der Waals surface area (Å²) in [5.74, 6) is -1.03. The zero-order valence-electron chi connectivity index (χ0n) is 16.9. The van der Waals surface area contributed by atoms with E-state index in [2.05, 4.69) is 11.1 Å². The van der Waals surface area contributed by atoms with E-state index in [4.69, 9.17) is 11.6 Å². The summed E-state index contributed by atoms with van der Waals surface area (Å²) in [6, 6.07) is 14.6. The number of fused-ring (bicyclic) bond motifs is 1. The molecule has 1 aromatic carbocycles. The number of nitrogens with one attached hydrogen (secondary N) is 1. The number of carboxylic acid groups (broad SMARTS) is 1. The van der Waals surface area contributed by atoms with E-state index in [0.717, 1.165) is 0 Å². The van der Waals surface area contributed by atoms with Crippen molar-refractivity contribution in [3.05, 3.63) is 94.0 Å².